The summed E-state index contributed by atoms with van der Waals surface area (Å²) < 4.78 is 0. The van der Waals surface area contributed by atoms with Gasteiger partial charge in [0.2, 0.25) is 0 Å². The van der Waals surface area contributed by atoms with Crippen LogP contribution in [0.2, 0.25) is 25.1 Å². The summed E-state index contributed by atoms with van der Waals surface area (Å²) in [5.74, 6) is 0. The van der Waals surface area contributed by atoms with E-state index in [1.165, 1.54) is 6.07 Å². The zero-order chi connectivity index (χ0) is 15.6. The maximum Gasteiger partial charge on any atom is 0.175 e. The Morgan fingerprint density at radius 3 is 2.00 bits per heavy atom. The van der Waals surface area contributed by atoms with Gasteiger partial charge < -0.3 is 10.6 Å². The molecule has 0 radical (unpaired) electrons. The van der Waals surface area contributed by atoms with Crippen molar-refractivity contribution in [1.29, 1.82) is 0 Å². The maximum atomic E-state index is 6.06. The Kier molecular flexibility index (Phi) is 5.83. The first-order valence-corrected chi connectivity index (χ1v) is 7.84. The van der Waals surface area contributed by atoms with Crippen LogP contribution < -0.4 is 10.6 Å². The van der Waals surface area contributed by atoms with Crippen LogP contribution in [0.4, 0.5) is 11.4 Å². The van der Waals surface area contributed by atoms with Gasteiger partial charge in [0.1, 0.15) is 0 Å². The van der Waals surface area contributed by atoms with E-state index in [1.54, 1.807) is 24.3 Å². The minimum atomic E-state index is 0.327. The molecule has 0 saturated carbocycles. The molecule has 0 aromatic heterocycles. The van der Waals surface area contributed by atoms with Crippen molar-refractivity contribution < 1.29 is 0 Å². The fourth-order valence-corrected chi connectivity index (χ4v) is 2.60. The number of hydrogen-bond acceptors (Lipinski definition) is 1. The number of thiocarbonyl (C=S) groups is 1. The number of nitrogens with one attached hydrogen (secondary N) is 2. The zero-order valence-electron chi connectivity index (χ0n) is 10.2. The number of benzene rings is 2. The number of rotatable bonds is 2. The third-order valence-corrected chi connectivity index (χ3v) is 4.41. The molecule has 8 heteroatoms. The predicted molar refractivity (Wildman–Crippen MR) is 97.8 cm³/mol. The normalized spacial score (nSPS) is 10.3. The topological polar surface area (TPSA) is 24.1 Å². The van der Waals surface area contributed by atoms with Crippen LogP contribution in [0.1, 0.15) is 0 Å². The molecule has 2 nitrogen and oxygen atoms in total. The summed E-state index contributed by atoms with van der Waals surface area (Å²) >= 11 is 34.8. The third-order valence-electron chi connectivity index (χ3n) is 2.44. The molecule has 0 aliphatic heterocycles. The van der Waals surface area contributed by atoms with E-state index in [9.17, 15) is 0 Å². The fourth-order valence-electron chi connectivity index (χ4n) is 1.48. The lowest BCUT2D eigenvalue weighted by Crippen LogP contribution is -2.19. The zero-order valence-corrected chi connectivity index (χ0v) is 14.8. The molecule has 2 N–H and O–H groups in total. The van der Waals surface area contributed by atoms with Gasteiger partial charge >= 0.3 is 0 Å². The number of halogens is 5. The average molecular weight is 401 g/mol. The lowest BCUT2D eigenvalue weighted by atomic mass is 10.3. The second-order valence-electron chi connectivity index (χ2n) is 3.95. The Hall–Kier alpha value is -0.420. The highest BCUT2D eigenvalue weighted by Gasteiger charge is 2.08. The molecule has 0 unspecified atom stereocenters. The van der Waals surface area contributed by atoms with Crippen molar-refractivity contribution in [1.82, 2.24) is 0 Å². The lowest BCUT2D eigenvalue weighted by molar-refractivity contribution is 1.59. The summed E-state index contributed by atoms with van der Waals surface area (Å²) in [6.45, 7) is 0. The molecule has 0 heterocycles. The SMILES string of the molecule is S=C(Nc1ccc(Cl)c(Cl)c1)Nc1cc(Cl)c(Cl)cc1Cl. The summed E-state index contributed by atoms with van der Waals surface area (Å²) in [5, 5.41) is 8.27. The van der Waals surface area contributed by atoms with E-state index in [0.29, 0.717) is 41.6 Å². The van der Waals surface area contributed by atoms with Crippen LogP contribution in [0, 0.1) is 0 Å². The highest BCUT2D eigenvalue weighted by atomic mass is 35.5. The molecule has 0 bridgehead atoms. The molecule has 110 valence electrons. The van der Waals surface area contributed by atoms with Crippen LogP contribution in [0.5, 0.6) is 0 Å². The Morgan fingerprint density at radius 2 is 1.33 bits per heavy atom. The van der Waals surface area contributed by atoms with E-state index in [2.05, 4.69) is 10.6 Å². The molecule has 2 aromatic rings. The lowest BCUT2D eigenvalue weighted by Gasteiger charge is -2.13. The summed E-state index contributed by atoms with van der Waals surface area (Å²) in [6, 6.07) is 8.21. The largest absolute Gasteiger partial charge is 0.332 e. The van der Waals surface area contributed by atoms with Crippen LogP contribution in [-0.2, 0) is 0 Å². The van der Waals surface area contributed by atoms with Crippen LogP contribution in [0.15, 0.2) is 30.3 Å². The molecular weight excluding hydrogens is 393 g/mol. The van der Waals surface area contributed by atoms with Crippen molar-refractivity contribution >= 4 is 86.7 Å². The van der Waals surface area contributed by atoms with Crippen LogP contribution in [0.25, 0.3) is 0 Å². The van der Waals surface area contributed by atoms with E-state index < -0.39 is 0 Å². The van der Waals surface area contributed by atoms with Crippen molar-refractivity contribution in [2.24, 2.45) is 0 Å². The average Bonchev–Trinajstić information content (AvgIpc) is 2.40. The van der Waals surface area contributed by atoms with Crippen LogP contribution >= 0.6 is 70.2 Å². The minimum absolute atomic E-state index is 0.327. The molecule has 0 fully saturated rings. The van der Waals surface area contributed by atoms with E-state index in [-0.39, 0.29) is 0 Å². The van der Waals surface area contributed by atoms with Gasteiger partial charge in [0.15, 0.2) is 5.11 Å². The molecule has 2 rings (SSSR count). The van der Waals surface area contributed by atoms with Crippen molar-refractivity contribution in [3.63, 3.8) is 0 Å². The minimum Gasteiger partial charge on any atom is -0.332 e. The van der Waals surface area contributed by atoms with Gasteiger partial charge in [-0.25, -0.2) is 0 Å². The van der Waals surface area contributed by atoms with Gasteiger partial charge in [-0.3, -0.25) is 0 Å². The monoisotopic (exact) mass is 398 g/mol. The molecule has 0 spiro atoms. The number of anilines is 2. The van der Waals surface area contributed by atoms with Crippen LogP contribution in [-0.4, -0.2) is 5.11 Å². The Bertz CT molecular complexity index is 705. The third kappa shape index (κ3) is 4.52. The molecule has 2 aromatic carbocycles. The maximum absolute atomic E-state index is 6.06. The first-order valence-electron chi connectivity index (χ1n) is 5.54. The Labute approximate surface area is 152 Å². The first-order chi connectivity index (χ1) is 9.86. The predicted octanol–water partition coefficient (Wildman–Crippen LogP) is 6.76. The van der Waals surface area contributed by atoms with E-state index in [0.717, 1.165) is 0 Å². The summed E-state index contributed by atoms with van der Waals surface area (Å²) in [6.07, 6.45) is 0. The van der Waals surface area contributed by atoms with Crippen LogP contribution in [0.3, 0.4) is 0 Å². The van der Waals surface area contributed by atoms with E-state index >= 15 is 0 Å². The second-order valence-corrected chi connectivity index (χ2v) is 6.40. The summed E-state index contributed by atoms with van der Waals surface area (Å²) in [4.78, 5) is 0. The van der Waals surface area contributed by atoms with Gasteiger partial charge in [0, 0.05) is 5.69 Å². The van der Waals surface area contributed by atoms with Gasteiger partial charge in [0.05, 0.1) is 30.8 Å². The molecule has 0 saturated heterocycles. The van der Waals surface area contributed by atoms with Crippen molar-refractivity contribution in [3.05, 3.63) is 55.4 Å². The van der Waals surface area contributed by atoms with E-state index in [4.69, 9.17) is 70.2 Å². The molecule has 0 atom stereocenters. The van der Waals surface area contributed by atoms with Crippen molar-refractivity contribution in [2.75, 3.05) is 10.6 Å². The molecule has 0 aliphatic rings. The first kappa shape index (κ1) is 16.9. The van der Waals surface area contributed by atoms with Gasteiger partial charge in [-0.1, -0.05) is 58.0 Å². The van der Waals surface area contributed by atoms with Gasteiger partial charge in [-0.2, -0.15) is 0 Å². The Morgan fingerprint density at radius 1 is 0.714 bits per heavy atom. The van der Waals surface area contributed by atoms with Gasteiger partial charge in [-0.15, -0.1) is 0 Å². The molecule has 21 heavy (non-hydrogen) atoms. The number of hydrogen-bond donors (Lipinski definition) is 2. The summed E-state index contributed by atoms with van der Waals surface area (Å²) in [7, 11) is 0. The van der Waals surface area contributed by atoms with Gasteiger partial charge in [-0.05, 0) is 42.5 Å². The quantitative estimate of drug-likeness (QED) is 0.430. The molecular formula is C13H7Cl5N2S. The highest BCUT2D eigenvalue weighted by molar-refractivity contribution is 7.80. The summed E-state index contributed by atoms with van der Waals surface area (Å²) in [5.41, 5.74) is 1.24. The molecule has 0 aliphatic carbocycles. The Balaban J connectivity index is 2.11. The van der Waals surface area contributed by atoms with Gasteiger partial charge in [0.25, 0.3) is 0 Å². The standard InChI is InChI=1S/C13H7Cl5N2S/c14-7-2-1-6(3-8(7)15)19-13(21)20-12-5-10(17)9(16)4-11(12)18/h1-5H,(H2,19,20,21). The fraction of sp³-hybridized carbons (Fsp3) is 0. The molecule has 0 amide bonds. The van der Waals surface area contributed by atoms with E-state index in [1.807, 2.05) is 0 Å². The van der Waals surface area contributed by atoms with Crippen molar-refractivity contribution in [2.45, 2.75) is 0 Å². The second kappa shape index (κ2) is 7.23. The van der Waals surface area contributed by atoms with Crippen molar-refractivity contribution in [3.8, 4) is 0 Å². The smallest absolute Gasteiger partial charge is 0.175 e. The highest BCUT2D eigenvalue weighted by Crippen LogP contribution is 2.32.